The van der Waals surface area contributed by atoms with E-state index in [1.54, 1.807) is 6.07 Å². The Bertz CT molecular complexity index is 956. The van der Waals surface area contributed by atoms with Crippen molar-refractivity contribution in [3.63, 3.8) is 0 Å². The minimum atomic E-state index is 0.201. The van der Waals surface area contributed by atoms with Gasteiger partial charge in [-0.3, -0.25) is 0 Å². The van der Waals surface area contributed by atoms with Crippen LogP contribution in [-0.4, -0.2) is 19.1 Å². The maximum atomic E-state index is 9.52. The molecule has 5 heteroatoms. The van der Waals surface area contributed by atoms with Gasteiger partial charge in [-0.2, -0.15) is 5.26 Å². The fourth-order valence-electron chi connectivity index (χ4n) is 2.66. The Morgan fingerprint density at radius 1 is 1.04 bits per heavy atom. The number of hydrogen-bond acceptors (Lipinski definition) is 4. The van der Waals surface area contributed by atoms with E-state index in [-0.39, 0.29) is 5.82 Å². The third-order valence-corrected chi connectivity index (χ3v) is 4.33. The number of hydrogen-bond donors (Lipinski definition) is 1. The van der Waals surface area contributed by atoms with E-state index in [0.29, 0.717) is 16.3 Å². The molecular weight excluding hydrogens is 332 g/mol. The van der Waals surface area contributed by atoms with E-state index in [4.69, 9.17) is 17.3 Å². The van der Waals surface area contributed by atoms with E-state index in [9.17, 15) is 5.26 Å². The van der Waals surface area contributed by atoms with Crippen molar-refractivity contribution in [1.29, 1.82) is 5.26 Å². The lowest BCUT2D eigenvalue weighted by atomic mass is 9.98. The van der Waals surface area contributed by atoms with E-state index < -0.39 is 0 Å². The summed E-state index contributed by atoms with van der Waals surface area (Å²) in [4.78, 5) is 6.39. The molecule has 0 radical (unpaired) electrons. The molecule has 1 aromatic heterocycles. The lowest BCUT2D eigenvalue weighted by Gasteiger charge is -2.14. The molecule has 0 saturated carbocycles. The van der Waals surface area contributed by atoms with Crippen molar-refractivity contribution < 1.29 is 0 Å². The zero-order valence-corrected chi connectivity index (χ0v) is 14.7. The molecule has 1 heterocycles. The first-order valence-corrected chi connectivity index (χ1v) is 8.12. The zero-order valence-electron chi connectivity index (χ0n) is 14.0. The van der Waals surface area contributed by atoms with Gasteiger partial charge < -0.3 is 10.6 Å². The molecule has 4 nitrogen and oxygen atoms in total. The van der Waals surface area contributed by atoms with Crippen LogP contribution in [0.5, 0.6) is 0 Å². The summed E-state index contributed by atoms with van der Waals surface area (Å²) in [6, 6.07) is 19.4. The Kier molecular flexibility index (Phi) is 4.60. The fourth-order valence-corrected chi connectivity index (χ4v) is 2.89. The molecule has 3 aromatic rings. The maximum absolute atomic E-state index is 9.52. The summed E-state index contributed by atoms with van der Waals surface area (Å²) in [5.41, 5.74) is 10.6. The van der Waals surface area contributed by atoms with Crippen LogP contribution >= 0.6 is 11.6 Å². The topological polar surface area (TPSA) is 65.9 Å². The van der Waals surface area contributed by atoms with Crippen molar-refractivity contribution in [3.05, 3.63) is 65.2 Å². The molecule has 0 fully saturated rings. The van der Waals surface area contributed by atoms with E-state index >= 15 is 0 Å². The van der Waals surface area contributed by atoms with Crippen molar-refractivity contribution in [2.24, 2.45) is 0 Å². The van der Waals surface area contributed by atoms with Gasteiger partial charge in [-0.05, 0) is 29.8 Å². The molecular formula is C20H17ClN4. The fraction of sp³-hybridized carbons (Fsp3) is 0.100. The van der Waals surface area contributed by atoms with Crippen LogP contribution in [0.15, 0.2) is 54.6 Å². The Morgan fingerprint density at radius 3 is 2.32 bits per heavy atom. The van der Waals surface area contributed by atoms with Crippen molar-refractivity contribution in [2.45, 2.75) is 0 Å². The number of nitriles is 1. The molecule has 124 valence electrons. The van der Waals surface area contributed by atoms with Crippen molar-refractivity contribution in [1.82, 2.24) is 4.98 Å². The van der Waals surface area contributed by atoms with E-state index in [1.807, 2.05) is 67.5 Å². The smallest absolute Gasteiger partial charge is 0.142 e. The molecule has 0 amide bonds. The van der Waals surface area contributed by atoms with Crippen LogP contribution in [-0.2, 0) is 0 Å². The highest BCUT2D eigenvalue weighted by molar-refractivity contribution is 6.33. The number of nitrogen functional groups attached to an aromatic ring is 1. The molecule has 0 saturated heterocycles. The third-order valence-electron chi connectivity index (χ3n) is 4.00. The van der Waals surface area contributed by atoms with Gasteiger partial charge in [0.2, 0.25) is 0 Å². The minimum Gasteiger partial charge on any atom is -0.383 e. The summed E-state index contributed by atoms with van der Waals surface area (Å²) in [5.74, 6) is 0.201. The van der Waals surface area contributed by atoms with Crippen LogP contribution in [0.2, 0.25) is 5.02 Å². The Hall–Kier alpha value is -3.03. The van der Waals surface area contributed by atoms with Crippen LogP contribution in [0.25, 0.3) is 22.4 Å². The summed E-state index contributed by atoms with van der Waals surface area (Å²) in [5, 5.41) is 10.1. The van der Waals surface area contributed by atoms with E-state index in [0.717, 1.165) is 22.4 Å². The number of nitrogens with two attached hydrogens (primary N) is 1. The SMILES string of the molecule is CN(C)c1ccc(-c2cc(-c3ccccc3Cl)nc(N)c2C#N)cc1. The van der Waals surface area contributed by atoms with Crippen LogP contribution in [0.4, 0.5) is 11.5 Å². The predicted octanol–water partition coefficient (Wildman–Crippen LogP) is 4.59. The van der Waals surface area contributed by atoms with Crippen LogP contribution in [0.3, 0.4) is 0 Å². The second-order valence-corrected chi connectivity index (χ2v) is 6.26. The number of nitrogens with zero attached hydrogens (tertiary/aromatic N) is 3. The zero-order chi connectivity index (χ0) is 18.0. The summed E-state index contributed by atoms with van der Waals surface area (Å²) in [7, 11) is 3.96. The Labute approximate surface area is 152 Å². The van der Waals surface area contributed by atoms with E-state index in [2.05, 4.69) is 11.1 Å². The van der Waals surface area contributed by atoms with Crippen LogP contribution in [0, 0.1) is 11.3 Å². The highest BCUT2D eigenvalue weighted by Crippen LogP contribution is 2.34. The molecule has 0 unspecified atom stereocenters. The van der Waals surface area contributed by atoms with E-state index in [1.165, 1.54) is 0 Å². The summed E-state index contributed by atoms with van der Waals surface area (Å²) >= 11 is 6.29. The number of pyridine rings is 1. The second-order valence-electron chi connectivity index (χ2n) is 5.85. The second kappa shape index (κ2) is 6.84. The molecule has 0 bridgehead atoms. The van der Waals surface area contributed by atoms with Gasteiger partial charge in [-0.25, -0.2) is 4.98 Å². The van der Waals surface area contributed by atoms with Gasteiger partial charge in [0, 0.05) is 35.9 Å². The molecule has 0 aliphatic carbocycles. The van der Waals surface area contributed by atoms with Gasteiger partial charge in [0.15, 0.2) is 0 Å². The van der Waals surface area contributed by atoms with Gasteiger partial charge in [-0.15, -0.1) is 0 Å². The van der Waals surface area contributed by atoms with Crippen molar-refractivity contribution in [3.8, 4) is 28.5 Å². The van der Waals surface area contributed by atoms with Crippen molar-refractivity contribution >= 4 is 23.1 Å². The highest BCUT2D eigenvalue weighted by atomic mass is 35.5. The minimum absolute atomic E-state index is 0.201. The number of aromatic nitrogens is 1. The largest absolute Gasteiger partial charge is 0.383 e. The molecule has 0 aliphatic heterocycles. The number of benzene rings is 2. The van der Waals surface area contributed by atoms with Crippen LogP contribution < -0.4 is 10.6 Å². The first-order valence-electron chi connectivity index (χ1n) is 7.74. The molecule has 0 spiro atoms. The molecule has 0 atom stereocenters. The molecule has 25 heavy (non-hydrogen) atoms. The third kappa shape index (κ3) is 3.28. The van der Waals surface area contributed by atoms with Gasteiger partial charge in [0.05, 0.1) is 5.69 Å². The highest BCUT2D eigenvalue weighted by Gasteiger charge is 2.14. The monoisotopic (exact) mass is 348 g/mol. The predicted molar refractivity (Wildman–Crippen MR) is 104 cm³/mol. The van der Waals surface area contributed by atoms with Gasteiger partial charge in [0.1, 0.15) is 17.5 Å². The summed E-state index contributed by atoms with van der Waals surface area (Å²) < 4.78 is 0. The first kappa shape index (κ1) is 16.8. The number of rotatable bonds is 3. The average Bonchev–Trinajstić information content (AvgIpc) is 2.61. The van der Waals surface area contributed by atoms with Gasteiger partial charge in [-0.1, -0.05) is 41.9 Å². The van der Waals surface area contributed by atoms with Crippen molar-refractivity contribution in [2.75, 3.05) is 24.7 Å². The summed E-state index contributed by atoms with van der Waals surface area (Å²) in [6.45, 7) is 0. The maximum Gasteiger partial charge on any atom is 0.142 e. The molecule has 2 aromatic carbocycles. The Balaban J connectivity index is 2.18. The number of halogens is 1. The van der Waals surface area contributed by atoms with Gasteiger partial charge in [0.25, 0.3) is 0 Å². The summed E-state index contributed by atoms with van der Waals surface area (Å²) in [6.07, 6.45) is 0. The van der Waals surface area contributed by atoms with Gasteiger partial charge >= 0.3 is 0 Å². The standard InChI is InChI=1S/C20H17ClN4/c1-25(2)14-9-7-13(8-10-14)16-11-19(24-20(23)17(16)12-22)15-5-3-4-6-18(15)21/h3-11H,1-2H3,(H2,23,24). The lowest BCUT2D eigenvalue weighted by Crippen LogP contribution is -2.08. The number of anilines is 2. The molecule has 3 rings (SSSR count). The lowest BCUT2D eigenvalue weighted by molar-refractivity contribution is 1.13. The molecule has 2 N–H and O–H groups in total. The van der Waals surface area contributed by atoms with Crippen LogP contribution in [0.1, 0.15) is 5.56 Å². The molecule has 0 aliphatic rings. The average molecular weight is 349 g/mol. The normalized spacial score (nSPS) is 10.3. The Morgan fingerprint density at radius 2 is 1.72 bits per heavy atom. The quantitative estimate of drug-likeness (QED) is 0.751. The first-order chi connectivity index (χ1) is 12.0.